The number of fused-ring (bicyclic) bond motifs is 1. The zero-order chi connectivity index (χ0) is 26.0. The molecule has 0 saturated heterocycles. The molecule has 8 heteroatoms. The number of hydrogen-bond donors (Lipinski definition) is 1. The Morgan fingerprint density at radius 1 is 0.865 bits per heavy atom. The lowest BCUT2D eigenvalue weighted by atomic mass is 10.0. The van der Waals surface area contributed by atoms with Gasteiger partial charge in [-0.1, -0.05) is 72.8 Å². The van der Waals surface area contributed by atoms with E-state index in [0.717, 1.165) is 22.2 Å². The van der Waals surface area contributed by atoms with Crippen LogP contribution in [0.25, 0.3) is 22.2 Å². The molecule has 0 aliphatic heterocycles. The van der Waals surface area contributed by atoms with Crippen LogP contribution in [0.15, 0.2) is 102 Å². The summed E-state index contributed by atoms with van der Waals surface area (Å²) in [5, 5.41) is 0. The Kier molecular flexibility index (Phi) is 6.50. The van der Waals surface area contributed by atoms with Crippen LogP contribution in [0, 0.1) is 6.92 Å². The van der Waals surface area contributed by atoms with E-state index < -0.39 is 15.9 Å². The number of amides is 1. The van der Waals surface area contributed by atoms with E-state index in [9.17, 15) is 13.2 Å². The van der Waals surface area contributed by atoms with Crippen molar-refractivity contribution in [2.75, 3.05) is 7.11 Å². The molecule has 0 fully saturated rings. The molecule has 0 aliphatic rings. The van der Waals surface area contributed by atoms with Gasteiger partial charge in [-0.3, -0.25) is 9.36 Å². The van der Waals surface area contributed by atoms with Gasteiger partial charge < -0.3 is 4.74 Å². The molecular weight excluding hydrogens is 486 g/mol. The van der Waals surface area contributed by atoms with Gasteiger partial charge in [0.1, 0.15) is 0 Å². The minimum Gasteiger partial charge on any atom is -0.468 e. The van der Waals surface area contributed by atoms with Crippen molar-refractivity contribution in [3.8, 4) is 17.1 Å². The van der Waals surface area contributed by atoms with Crippen molar-refractivity contribution in [2.24, 2.45) is 0 Å². The summed E-state index contributed by atoms with van der Waals surface area (Å²) < 4.78 is 34.9. The number of hydrogen-bond acceptors (Lipinski definition) is 5. The lowest BCUT2D eigenvalue weighted by molar-refractivity contribution is 0.0981. The summed E-state index contributed by atoms with van der Waals surface area (Å²) >= 11 is 0. The van der Waals surface area contributed by atoms with Crippen LogP contribution in [0.3, 0.4) is 0 Å². The van der Waals surface area contributed by atoms with Crippen molar-refractivity contribution in [3.05, 3.63) is 114 Å². The van der Waals surface area contributed by atoms with E-state index in [1.54, 1.807) is 44.4 Å². The van der Waals surface area contributed by atoms with E-state index in [1.165, 1.54) is 12.1 Å². The van der Waals surface area contributed by atoms with Gasteiger partial charge in [-0.05, 0) is 53.4 Å². The monoisotopic (exact) mass is 511 g/mol. The molecule has 1 heterocycles. The average molecular weight is 512 g/mol. The molecule has 5 rings (SSSR count). The average Bonchev–Trinajstić information content (AvgIpc) is 3.28. The standard InChI is InChI=1S/C29H25N3O4S/c1-20-25(28(33)31-37(34,35)24-11-7-4-8-12-24)17-18-26-27(20)30-29(36-2)32(26)19-21-13-15-23(16-14-21)22-9-5-3-6-10-22/h3-18H,19H2,1-2H3,(H,31,33). The molecule has 1 N–H and O–H groups in total. The van der Waals surface area contributed by atoms with Gasteiger partial charge in [-0.2, -0.15) is 4.98 Å². The minimum absolute atomic E-state index is 0.0197. The van der Waals surface area contributed by atoms with Crippen molar-refractivity contribution in [2.45, 2.75) is 18.4 Å². The molecule has 5 aromatic rings. The maximum absolute atomic E-state index is 12.9. The van der Waals surface area contributed by atoms with E-state index in [0.29, 0.717) is 23.6 Å². The van der Waals surface area contributed by atoms with Crippen LogP contribution in [0.2, 0.25) is 0 Å². The Bertz CT molecular complexity index is 1680. The molecule has 1 aromatic heterocycles. The molecule has 1 amide bonds. The Hall–Kier alpha value is -4.43. The molecular formula is C29H25N3O4S. The second kappa shape index (κ2) is 9.91. The number of aryl methyl sites for hydroxylation is 1. The Labute approximate surface area is 215 Å². The molecule has 7 nitrogen and oxygen atoms in total. The van der Waals surface area contributed by atoms with Crippen LogP contribution in [-0.4, -0.2) is 31.0 Å². The second-order valence-electron chi connectivity index (χ2n) is 8.60. The smallest absolute Gasteiger partial charge is 0.297 e. The Morgan fingerprint density at radius 2 is 1.49 bits per heavy atom. The van der Waals surface area contributed by atoms with Gasteiger partial charge in [0.05, 0.1) is 29.6 Å². The van der Waals surface area contributed by atoms with Crippen LogP contribution >= 0.6 is 0 Å². The summed E-state index contributed by atoms with van der Waals surface area (Å²) in [5.41, 5.74) is 5.48. The molecule has 0 aliphatic carbocycles. The second-order valence-corrected chi connectivity index (χ2v) is 10.3. The summed E-state index contributed by atoms with van der Waals surface area (Å²) in [5.74, 6) is -0.715. The van der Waals surface area contributed by atoms with Crippen molar-refractivity contribution in [3.63, 3.8) is 0 Å². The number of methoxy groups -OCH3 is 1. The Morgan fingerprint density at radius 3 is 2.14 bits per heavy atom. The predicted molar refractivity (Wildman–Crippen MR) is 143 cm³/mol. The van der Waals surface area contributed by atoms with E-state index >= 15 is 0 Å². The highest BCUT2D eigenvalue weighted by atomic mass is 32.2. The highest BCUT2D eigenvalue weighted by molar-refractivity contribution is 7.90. The fraction of sp³-hybridized carbons (Fsp3) is 0.103. The summed E-state index contributed by atoms with van der Waals surface area (Å²) in [7, 11) is -2.45. The number of nitrogens with one attached hydrogen (secondary N) is 1. The van der Waals surface area contributed by atoms with Crippen LogP contribution in [0.4, 0.5) is 0 Å². The van der Waals surface area contributed by atoms with Gasteiger partial charge in [0.15, 0.2) is 0 Å². The molecule has 37 heavy (non-hydrogen) atoms. The van der Waals surface area contributed by atoms with E-state index in [4.69, 9.17) is 4.74 Å². The summed E-state index contributed by atoms with van der Waals surface area (Å²) in [6, 6.07) is 30.0. The topological polar surface area (TPSA) is 90.3 Å². The van der Waals surface area contributed by atoms with Gasteiger partial charge in [0.25, 0.3) is 21.9 Å². The van der Waals surface area contributed by atoms with Crippen LogP contribution in [0.1, 0.15) is 21.5 Å². The molecule has 0 spiro atoms. The van der Waals surface area contributed by atoms with Crippen molar-refractivity contribution < 1.29 is 17.9 Å². The van der Waals surface area contributed by atoms with Crippen molar-refractivity contribution in [1.29, 1.82) is 0 Å². The third-order valence-corrected chi connectivity index (χ3v) is 7.60. The number of nitrogens with zero attached hydrogens (tertiary/aromatic N) is 2. The van der Waals surface area contributed by atoms with Crippen molar-refractivity contribution >= 4 is 27.0 Å². The number of carbonyl (C=O) groups excluding carboxylic acids is 1. The first-order valence-electron chi connectivity index (χ1n) is 11.7. The highest BCUT2D eigenvalue weighted by Gasteiger charge is 2.22. The molecule has 0 saturated carbocycles. The summed E-state index contributed by atoms with van der Waals surface area (Å²) in [4.78, 5) is 17.6. The predicted octanol–water partition coefficient (Wildman–Crippen LogP) is 5.19. The zero-order valence-corrected chi connectivity index (χ0v) is 21.2. The first-order chi connectivity index (χ1) is 17.9. The Balaban J connectivity index is 1.44. The fourth-order valence-electron chi connectivity index (χ4n) is 4.31. The molecule has 4 aromatic carbocycles. The number of ether oxygens (including phenoxy) is 1. The van der Waals surface area contributed by atoms with Gasteiger partial charge in [0.2, 0.25) is 0 Å². The molecule has 0 bridgehead atoms. The van der Waals surface area contributed by atoms with Crippen LogP contribution in [-0.2, 0) is 16.6 Å². The van der Waals surface area contributed by atoms with Gasteiger partial charge in [-0.25, -0.2) is 13.1 Å². The number of sulfonamides is 1. The molecule has 186 valence electrons. The first-order valence-corrected chi connectivity index (χ1v) is 13.2. The highest BCUT2D eigenvalue weighted by Crippen LogP contribution is 2.28. The normalized spacial score (nSPS) is 11.4. The molecule has 0 radical (unpaired) electrons. The third kappa shape index (κ3) is 4.83. The molecule has 0 unspecified atom stereocenters. The first kappa shape index (κ1) is 24.3. The lowest BCUT2D eigenvalue weighted by Crippen LogP contribution is -2.31. The summed E-state index contributed by atoms with van der Waals surface area (Å²) in [6.07, 6.45) is 0. The maximum Gasteiger partial charge on any atom is 0.297 e. The minimum atomic E-state index is -4.00. The van der Waals surface area contributed by atoms with E-state index in [-0.39, 0.29) is 10.5 Å². The van der Waals surface area contributed by atoms with E-state index in [1.807, 2.05) is 22.8 Å². The van der Waals surface area contributed by atoms with Crippen LogP contribution in [0.5, 0.6) is 6.01 Å². The number of carbonyl (C=O) groups is 1. The molecule has 0 atom stereocenters. The lowest BCUT2D eigenvalue weighted by Gasteiger charge is -2.11. The summed E-state index contributed by atoms with van der Waals surface area (Å²) in [6.45, 7) is 2.26. The van der Waals surface area contributed by atoms with Gasteiger partial charge in [0, 0.05) is 5.56 Å². The third-order valence-electron chi connectivity index (χ3n) is 6.25. The van der Waals surface area contributed by atoms with Gasteiger partial charge in [-0.15, -0.1) is 0 Å². The van der Waals surface area contributed by atoms with Crippen molar-refractivity contribution in [1.82, 2.24) is 14.3 Å². The van der Waals surface area contributed by atoms with Gasteiger partial charge >= 0.3 is 0 Å². The van der Waals surface area contributed by atoms with E-state index in [2.05, 4.69) is 46.1 Å². The quantitative estimate of drug-likeness (QED) is 0.325. The number of benzene rings is 4. The maximum atomic E-state index is 12.9. The number of imidazole rings is 1. The fourth-order valence-corrected chi connectivity index (χ4v) is 5.30. The zero-order valence-electron chi connectivity index (χ0n) is 20.4. The SMILES string of the molecule is COc1nc2c(C)c(C(=O)NS(=O)(=O)c3ccccc3)ccc2n1Cc1ccc(-c2ccccc2)cc1. The number of aromatic nitrogens is 2. The number of rotatable bonds is 7. The largest absolute Gasteiger partial charge is 0.468 e. The van der Waals surface area contributed by atoms with Crippen LogP contribution < -0.4 is 9.46 Å².